The van der Waals surface area contributed by atoms with E-state index in [2.05, 4.69) is 5.32 Å². The molecule has 1 aromatic carbocycles. The van der Waals surface area contributed by atoms with Gasteiger partial charge in [-0.05, 0) is 37.4 Å². The van der Waals surface area contributed by atoms with E-state index in [-0.39, 0.29) is 11.6 Å². The molecule has 0 amide bonds. The number of ether oxygens (including phenoxy) is 1. The highest BCUT2D eigenvalue weighted by molar-refractivity contribution is 5.20. The normalized spacial score (nSPS) is 20.1. The summed E-state index contributed by atoms with van der Waals surface area (Å²) in [5.41, 5.74) is 0.193. The Kier molecular flexibility index (Phi) is 4.60. The summed E-state index contributed by atoms with van der Waals surface area (Å²) in [6.07, 6.45) is 2.37. The molecule has 100 valence electrons. The highest BCUT2D eigenvalue weighted by Crippen LogP contribution is 2.15. The summed E-state index contributed by atoms with van der Waals surface area (Å²) < 4.78 is 44.4. The topological polar surface area (TPSA) is 21.3 Å². The van der Waals surface area contributed by atoms with Crippen LogP contribution in [0.4, 0.5) is 13.2 Å². The number of rotatable bonds is 4. The summed E-state index contributed by atoms with van der Waals surface area (Å²) in [6.45, 7) is 1.96. The molecule has 2 nitrogen and oxygen atoms in total. The van der Waals surface area contributed by atoms with E-state index in [4.69, 9.17) is 4.74 Å². The number of hydrogen-bond donors (Lipinski definition) is 1. The third kappa shape index (κ3) is 3.23. The minimum absolute atomic E-state index is 0.193. The molecule has 2 rings (SSSR count). The summed E-state index contributed by atoms with van der Waals surface area (Å²) in [7, 11) is 0. The summed E-state index contributed by atoms with van der Waals surface area (Å²) >= 11 is 0. The molecule has 1 atom stereocenters. The standard InChI is InChI=1S/C13H16F3NO/c14-11-4-3-9(12(15)13(11)16)5-6-17-10-2-1-7-18-8-10/h3-4,10,17H,1-2,5-8H2. The molecule has 1 heterocycles. The quantitative estimate of drug-likeness (QED) is 0.838. The van der Waals surface area contributed by atoms with E-state index in [1.807, 2.05) is 0 Å². The van der Waals surface area contributed by atoms with Crippen LogP contribution in [0.2, 0.25) is 0 Å². The van der Waals surface area contributed by atoms with E-state index in [1.54, 1.807) is 0 Å². The highest BCUT2D eigenvalue weighted by atomic mass is 19.2. The molecule has 1 aliphatic heterocycles. The molecule has 1 aliphatic rings. The maximum Gasteiger partial charge on any atom is 0.194 e. The second kappa shape index (κ2) is 6.20. The number of hydrogen-bond acceptors (Lipinski definition) is 2. The van der Waals surface area contributed by atoms with Gasteiger partial charge in [0.1, 0.15) is 0 Å². The molecular weight excluding hydrogens is 243 g/mol. The zero-order valence-corrected chi connectivity index (χ0v) is 10.0. The van der Waals surface area contributed by atoms with E-state index < -0.39 is 17.5 Å². The van der Waals surface area contributed by atoms with Crippen LogP contribution in [0.1, 0.15) is 18.4 Å². The number of halogens is 3. The van der Waals surface area contributed by atoms with Crippen molar-refractivity contribution in [2.24, 2.45) is 0 Å². The first-order valence-electron chi connectivity index (χ1n) is 6.12. The third-order valence-electron chi connectivity index (χ3n) is 3.10. The van der Waals surface area contributed by atoms with Crippen LogP contribution in [0.5, 0.6) is 0 Å². The van der Waals surface area contributed by atoms with Gasteiger partial charge in [-0.1, -0.05) is 6.07 Å². The maximum absolute atomic E-state index is 13.4. The molecule has 0 aromatic heterocycles. The first kappa shape index (κ1) is 13.4. The van der Waals surface area contributed by atoms with Gasteiger partial charge in [0.25, 0.3) is 0 Å². The second-order valence-electron chi connectivity index (χ2n) is 4.45. The van der Waals surface area contributed by atoms with Gasteiger partial charge in [0.15, 0.2) is 17.5 Å². The Hall–Kier alpha value is -1.07. The summed E-state index contributed by atoms with van der Waals surface area (Å²) in [6, 6.07) is 2.51. The molecule has 1 saturated heterocycles. The Morgan fingerprint density at radius 2 is 2.06 bits per heavy atom. The molecule has 0 spiro atoms. The van der Waals surface area contributed by atoms with Gasteiger partial charge in [0, 0.05) is 12.6 Å². The van der Waals surface area contributed by atoms with E-state index in [9.17, 15) is 13.2 Å². The fourth-order valence-electron chi connectivity index (χ4n) is 2.07. The number of nitrogens with one attached hydrogen (secondary N) is 1. The largest absolute Gasteiger partial charge is 0.380 e. The third-order valence-corrected chi connectivity index (χ3v) is 3.10. The minimum Gasteiger partial charge on any atom is -0.380 e. The van der Waals surface area contributed by atoms with Crippen LogP contribution >= 0.6 is 0 Å². The van der Waals surface area contributed by atoms with E-state index >= 15 is 0 Å². The first-order valence-corrected chi connectivity index (χ1v) is 6.12. The van der Waals surface area contributed by atoms with Gasteiger partial charge >= 0.3 is 0 Å². The van der Waals surface area contributed by atoms with E-state index in [0.29, 0.717) is 19.6 Å². The van der Waals surface area contributed by atoms with Crippen molar-refractivity contribution in [2.75, 3.05) is 19.8 Å². The van der Waals surface area contributed by atoms with Crippen molar-refractivity contribution in [3.63, 3.8) is 0 Å². The first-order chi connectivity index (χ1) is 8.68. The molecule has 0 aliphatic carbocycles. The molecule has 1 fully saturated rings. The molecule has 0 radical (unpaired) electrons. The Bertz CT molecular complexity index is 405. The van der Waals surface area contributed by atoms with Gasteiger partial charge in [-0.15, -0.1) is 0 Å². The lowest BCUT2D eigenvalue weighted by Gasteiger charge is -2.23. The molecule has 18 heavy (non-hydrogen) atoms. The average molecular weight is 259 g/mol. The van der Waals surface area contributed by atoms with Crippen LogP contribution in [0.15, 0.2) is 12.1 Å². The molecule has 1 unspecified atom stereocenters. The van der Waals surface area contributed by atoms with Gasteiger partial charge in [-0.2, -0.15) is 0 Å². The molecule has 0 bridgehead atoms. The predicted molar refractivity (Wildman–Crippen MR) is 61.9 cm³/mol. The van der Waals surface area contributed by atoms with Crippen molar-refractivity contribution < 1.29 is 17.9 Å². The fraction of sp³-hybridized carbons (Fsp3) is 0.538. The van der Waals surface area contributed by atoms with Crippen molar-refractivity contribution in [2.45, 2.75) is 25.3 Å². The fourth-order valence-corrected chi connectivity index (χ4v) is 2.07. The Morgan fingerprint density at radius 3 is 2.78 bits per heavy atom. The maximum atomic E-state index is 13.4. The predicted octanol–water partition coefficient (Wildman–Crippen LogP) is 2.42. The van der Waals surface area contributed by atoms with Crippen LogP contribution in [-0.2, 0) is 11.2 Å². The second-order valence-corrected chi connectivity index (χ2v) is 4.45. The van der Waals surface area contributed by atoms with Gasteiger partial charge in [0.2, 0.25) is 0 Å². The minimum atomic E-state index is -1.39. The lowest BCUT2D eigenvalue weighted by Crippen LogP contribution is -2.37. The molecule has 5 heteroatoms. The molecule has 1 aromatic rings. The van der Waals surface area contributed by atoms with Crippen molar-refractivity contribution >= 4 is 0 Å². The lowest BCUT2D eigenvalue weighted by atomic mass is 10.1. The average Bonchev–Trinajstić information content (AvgIpc) is 2.40. The number of benzene rings is 1. The van der Waals surface area contributed by atoms with Crippen molar-refractivity contribution in [3.8, 4) is 0 Å². The monoisotopic (exact) mass is 259 g/mol. The van der Waals surface area contributed by atoms with Crippen LogP contribution < -0.4 is 5.32 Å². The van der Waals surface area contributed by atoms with Crippen LogP contribution in [-0.4, -0.2) is 25.8 Å². The Labute approximate surface area is 104 Å². The van der Waals surface area contributed by atoms with Crippen LogP contribution in [0.3, 0.4) is 0 Å². The van der Waals surface area contributed by atoms with Gasteiger partial charge in [-0.25, -0.2) is 13.2 Å². The zero-order valence-electron chi connectivity index (χ0n) is 10.0. The van der Waals surface area contributed by atoms with Crippen molar-refractivity contribution in [3.05, 3.63) is 35.1 Å². The lowest BCUT2D eigenvalue weighted by molar-refractivity contribution is 0.0707. The van der Waals surface area contributed by atoms with E-state index in [1.165, 1.54) is 6.07 Å². The van der Waals surface area contributed by atoms with E-state index in [0.717, 1.165) is 25.5 Å². The SMILES string of the molecule is Fc1ccc(CCNC2CCCOC2)c(F)c1F. The van der Waals surface area contributed by atoms with Crippen molar-refractivity contribution in [1.82, 2.24) is 5.32 Å². The molecule has 0 saturated carbocycles. The Balaban J connectivity index is 1.84. The summed E-state index contributed by atoms with van der Waals surface area (Å²) in [5, 5.41) is 3.22. The van der Waals surface area contributed by atoms with Gasteiger partial charge in [-0.3, -0.25) is 0 Å². The smallest absolute Gasteiger partial charge is 0.194 e. The van der Waals surface area contributed by atoms with Gasteiger partial charge in [0.05, 0.1) is 6.61 Å². The summed E-state index contributed by atoms with van der Waals surface area (Å²) in [5.74, 6) is -3.63. The van der Waals surface area contributed by atoms with Crippen molar-refractivity contribution in [1.29, 1.82) is 0 Å². The summed E-state index contributed by atoms with van der Waals surface area (Å²) in [4.78, 5) is 0. The highest BCUT2D eigenvalue weighted by Gasteiger charge is 2.15. The Morgan fingerprint density at radius 1 is 1.22 bits per heavy atom. The van der Waals surface area contributed by atoms with Crippen LogP contribution in [0, 0.1) is 17.5 Å². The zero-order chi connectivity index (χ0) is 13.0. The van der Waals surface area contributed by atoms with Crippen LogP contribution in [0.25, 0.3) is 0 Å². The molecular formula is C13H16F3NO. The molecule has 1 N–H and O–H groups in total. The van der Waals surface area contributed by atoms with Gasteiger partial charge < -0.3 is 10.1 Å².